The quantitative estimate of drug-likeness (QED) is 0.120. The summed E-state index contributed by atoms with van der Waals surface area (Å²) in [6.07, 6.45) is 1.38. The zero-order valence-electron chi connectivity index (χ0n) is 23.3. The standard InChI is InChI=1S/C30H25BrCl3N3O6S/c1-41-27-11-9-21(32)15-26(27)37(44(39,40)22-6-4-3-5-7-22)17-29(38)36-35-16-20-12-23(31)30(28(14-20)42-2)43-18-19-8-10-24(33)25(34)13-19/h3-16H,17-18H2,1-2H3,(H,36,38)/b35-16-. The Morgan fingerprint density at radius 3 is 2.34 bits per heavy atom. The number of halogens is 4. The van der Waals surface area contributed by atoms with Gasteiger partial charge in [-0.3, -0.25) is 9.10 Å². The molecule has 0 aliphatic carbocycles. The van der Waals surface area contributed by atoms with Gasteiger partial charge in [0.05, 0.1) is 45.5 Å². The topological polar surface area (TPSA) is 107 Å². The minimum absolute atomic E-state index is 0.0169. The van der Waals surface area contributed by atoms with Gasteiger partial charge in [-0.2, -0.15) is 5.10 Å². The van der Waals surface area contributed by atoms with Gasteiger partial charge in [0.15, 0.2) is 11.5 Å². The molecule has 0 aromatic heterocycles. The Morgan fingerprint density at radius 1 is 0.932 bits per heavy atom. The summed E-state index contributed by atoms with van der Waals surface area (Å²) in [6, 6.07) is 20.8. The van der Waals surface area contributed by atoms with E-state index in [0.29, 0.717) is 31.6 Å². The number of nitrogens with zero attached hydrogens (tertiary/aromatic N) is 2. The number of amides is 1. The summed E-state index contributed by atoms with van der Waals surface area (Å²) in [5, 5.41) is 5.13. The van der Waals surface area contributed by atoms with Crippen molar-refractivity contribution in [1.29, 1.82) is 0 Å². The molecule has 0 heterocycles. The number of carbonyl (C=O) groups is 1. The van der Waals surface area contributed by atoms with Crippen LogP contribution < -0.4 is 23.9 Å². The van der Waals surface area contributed by atoms with E-state index in [1.807, 2.05) is 0 Å². The molecule has 0 saturated carbocycles. The summed E-state index contributed by atoms with van der Waals surface area (Å²) in [5.41, 5.74) is 3.83. The zero-order valence-corrected chi connectivity index (χ0v) is 27.9. The van der Waals surface area contributed by atoms with Crippen LogP contribution in [0.3, 0.4) is 0 Å². The van der Waals surface area contributed by atoms with Gasteiger partial charge in [0.2, 0.25) is 0 Å². The molecule has 0 radical (unpaired) electrons. The van der Waals surface area contributed by atoms with Crippen LogP contribution in [0, 0.1) is 0 Å². The average molecular weight is 742 g/mol. The smallest absolute Gasteiger partial charge is 0.264 e. The molecule has 44 heavy (non-hydrogen) atoms. The number of rotatable bonds is 12. The van der Waals surface area contributed by atoms with E-state index < -0.39 is 22.5 Å². The van der Waals surface area contributed by atoms with E-state index in [1.165, 1.54) is 44.7 Å². The Hall–Kier alpha value is -3.48. The van der Waals surface area contributed by atoms with Crippen molar-refractivity contribution in [2.24, 2.45) is 5.10 Å². The predicted molar refractivity (Wildman–Crippen MR) is 176 cm³/mol. The van der Waals surface area contributed by atoms with Crippen molar-refractivity contribution in [3.8, 4) is 17.2 Å². The van der Waals surface area contributed by atoms with Crippen molar-refractivity contribution in [1.82, 2.24) is 5.43 Å². The first-order chi connectivity index (χ1) is 21.0. The molecule has 0 aliphatic heterocycles. The Labute approximate surface area is 278 Å². The van der Waals surface area contributed by atoms with E-state index in [9.17, 15) is 13.2 Å². The summed E-state index contributed by atoms with van der Waals surface area (Å²) in [7, 11) is -1.32. The average Bonchev–Trinajstić information content (AvgIpc) is 3.01. The molecule has 0 fully saturated rings. The minimum atomic E-state index is -4.19. The van der Waals surface area contributed by atoms with Gasteiger partial charge in [-0.1, -0.05) is 59.1 Å². The third-order valence-corrected chi connectivity index (χ3v) is 9.39. The third kappa shape index (κ3) is 8.16. The lowest BCUT2D eigenvalue weighted by Gasteiger charge is -2.25. The maximum atomic E-state index is 13.6. The van der Waals surface area contributed by atoms with Gasteiger partial charge < -0.3 is 14.2 Å². The molecule has 0 aliphatic rings. The molecule has 0 spiro atoms. The van der Waals surface area contributed by atoms with E-state index in [-0.39, 0.29) is 28.0 Å². The molecule has 0 atom stereocenters. The zero-order chi connectivity index (χ0) is 31.9. The van der Waals surface area contributed by atoms with Crippen molar-refractivity contribution in [2.45, 2.75) is 11.5 Å². The summed E-state index contributed by atoms with van der Waals surface area (Å²) >= 11 is 21.7. The fourth-order valence-electron chi connectivity index (χ4n) is 3.96. The number of ether oxygens (including phenoxy) is 3. The van der Waals surface area contributed by atoms with Crippen LogP contribution in [0.15, 0.2) is 93.3 Å². The molecule has 14 heteroatoms. The van der Waals surface area contributed by atoms with E-state index in [4.69, 9.17) is 49.0 Å². The van der Waals surface area contributed by atoms with Gasteiger partial charge in [0, 0.05) is 5.02 Å². The fourth-order valence-corrected chi connectivity index (χ4v) is 6.47. The van der Waals surface area contributed by atoms with Gasteiger partial charge >= 0.3 is 0 Å². The number of hydrogen-bond acceptors (Lipinski definition) is 7. The Balaban J connectivity index is 1.52. The third-order valence-electron chi connectivity index (χ3n) is 6.05. The van der Waals surface area contributed by atoms with Crippen molar-refractivity contribution >= 4 is 78.6 Å². The van der Waals surface area contributed by atoms with Crippen LogP contribution in [0.1, 0.15) is 11.1 Å². The first kappa shape index (κ1) is 33.4. The number of anilines is 1. The molecule has 230 valence electrons. The second-order valence-corrected chi connectivity index (χ2v) is 13.0. The maximum absolute atomic E-state index is 13.6. The van der Waals surface area contributed by atoms with Crippen molar-refractivity contribution in [3.05, 3.63) is 110 Å². The first-order valence-corrected chi connectivity index (χ1v) is 16.1. The molecule has 0 unspecified atom stereocenters. The molecule has 4 aromatic rings. The SMILES string of the molecule is COc1ccc(Cl)cc1N(CC(=O)N/N=C\c1cc(Br)c(OCc2ccc(Cl)c(Cl)c2)c(OC)c1)S(=O)(=O)c1ccccc1. The maximum Gasteiger partial charge on any atom is 0.264 e. The van der Waals surface area contributed by atoms with Crippen LogP contribution in [-0.4, -0.2) is 41.3 Å². The lowest BCUT2D eigenvalue weighted by Crippen LogP contribution is -2.39. The molecule has 0 saturated heterocycles. The number of nitrogens with one attached hydrogen (secondary N) is 1. The lowest BCUT2D eigenvalue weighted by atomic mass is 10.2. The van der Waals surface area contributed by atoms with Crippen molar-refractivity contribution in [2.75, 3.05) is 25.1 Å². The molecule has 4 rings (SSSR count). The van der Waals surface area contributed by atoms with Crippen LogP contribution >= 0.6 is 50.7 Å². The second-order valence-electron chi connectivity index (χ2n) is 9.01. The van der Waals surface area contributed by atoms with Crippen LogP contribution in [-0.2, 0) is 21.4 Å². The highest BCUT2D eigenvalue weighted by atomic mass is 79.9. The van der Waals surface area contributed by atoms with E-state index >= 15 is 0 Å². The van der Waals surface area contributed by atoms with Gasteiger partial charge in [-0.25, -0.2) is 13.8 Å². The Morgan fingerprint density at radius 2 is 1.66 bits per heavy atom. The van der Waals surface area contributed by atoms with Crippen molar-refractivity contribution < 1.29 is 27.4 Å². The van der Waals surface area contributed by atoms with Gasteiger partial charge in [0.25, 0.3) is 15.9 Å². The number of hydrazone groups is 1. The molecule has 1 N–H and O–H groups in total. The number of methoxy groups -OCH3 is 2. The van der Waals surface area contributed by atoms with Crippen LogP contribution in [0.4, 0.5) is 5.69 Å². The Kier molecular flexibility index (Phi) is 11.4. The molecule has 4 aromatic carbocycles. The molecular formula is C30H25BrCl3N3O6S. The van der Waals surface area contributed by atoms with Gasteiger partial charge in [-0.15, -0.1) is 0 Å². The molecule has 1 amide bonds. The van der Waals surface area contributed by atoms with Crippen LogP contribution in [0.2, 0.25) is 15.1 Å². The number of carbonyl (C=O) groups excluding carboxylic acids is 1. The monoisotopic (exact) mass is 739 g/mol. The summed E-state index contributed by atoms with van der Waals surface area (Å²) < 4.78 is 45.5. The largest absolute Gasteiger partial charge is 0.495 e. The number of sulfonamides is 1. The first-order valence-electron chi connectivity index (χ1n) is 12.7. The van der Waals surface area contributed by atoms with E-state index in [1.54, 1.807) is 54.6 Å². The second kappa shape index (κ2) is 15.0. The van der Waals surface area contributed by atoms with Crippen molar-refractivity contribution in [3.63, 3.8) is 0 Å². The van der Waals surface area contributed by atoms with E-state index in [2.05, 4.69) is 26.5 Å². The summed E-state index contributed by atoms with van der Waals surface area (Å²) in [5.74, 6) is 0.344. The van der Waals surface area contributed by atoms with Gasteiger partial charge in [0.1, 0.15) is 18.9 Å². The fraction of sp³-hybridized carbons (Fsp3) is 0.133. The molecule has 9 nitrogen and oxygen atoms in total. The normalized spacial score (nSPS) is 11.3. The summed E-state index contributed by atoms with van der Waals surface area (Å²) in [6.45, 7) is -0.408. The van der Waals surface area contributed by atoms with E-state index in [0.717, 1.165) is 9.87 Å². The summed E-state index contributed by atoms with van der Waals surface area (Å²) in [4.78, 5) is 13.0. The molecule has 0 bridgehead atoms. The van der Waals surface area contributed by atoms with Gasteiger partial charge in [-0.05, 0) is 81.7 Å². The van der Waals surface area contributed by atoms with Crippen LogP contribution in [0.5, 0.6) is 17.2 Å². The minimum Gasteiger partial charge on any atom is -0.495 e. The predicted octanol–water partition coefficient (Wildman–Crippen LogP) is 7.35. The number of benzene rings is 4. The highest BCUT2D eigenvalue weighted by Gasteiger charge is 2.29. The lowest BCUT2D eigenvalue weighted by molar-refractivity contribution is -0.119. The number of hydrogen-bond donors (Lipinski definition) is 1. The van der Waals surface area contributed by atoms with Crippen LogP contribution in [0.25, 0.3) is 0 Å². The highest BCUT2D eigenvalue weighted by Crippen LogP contribution is 2.37. The highest BCUT2D eigenvalue weighted by molar-refractivity contribution is 9.10. The Bertz CT molecular complexity index is 1790. The molecular weight excluding hydrogens is 717 g/mol.